The second-order valence-electron chi connectivity index (χ2n) is 10.0. The Balaban J connectivity index is 0.00000507. The molecule has 0 saturated heterocycles. The molecule has 4 heteroatoms. The van der Waals surface area contributed by atoms with E-state index in [4.69, 9.17) is 8.92 Å². The molecule has 0 amide bonds. The van der Waals surface area contributed by atoms with Crippen molar-refractivity contribution in [2.45, 2.75) is 56.1 Å². The molecule has 0 radical (unpaired) electrons. The Bertz CT molecular complexity index is 1120. The lowest BCUT2D eigenvalue weighted by molar-refractivity contribution is 0.336. The van der Waals surface area contributed by atoms with Crippen molar-refractivity contribution in [3.63, 3.8) is 0 Å². The van der Waals surface area contributed by atoms with Crippen molar-refractivity contribution in [1.29, 1.82) is 0 Å². The minimum absolute atomic E-state index is 0. The van der Waals surface area contributed by atoms with Crippen molar-refractivity contribution in [2.24, 2.45) is 0 Å². The third kappa shape index (κ3) is 7.85. The van der Waals surface area contributed by atoms with Crippen molar-refractivity contribution in [3.8, 4) is 5.75 Å². The summed E-state index contributed by atoms with van der Waals surface area (Å²) in [5.74, 6) is 1.84. The third-order valence-corrected chi connectivity index (χ3v) is 10.3. The highest BCUT2D eigenvalue weighted by atomic mass is 32.3. The van der Waals surface area contributed by atoms with Crippen LogP contribution in [0, 0.1) is 0 Å². The van der Waals surface area contributed by atoms with Gasteiger partial charge in [-0.2, -0.15) is 0 Å². The van der Waals surface area contributed by atoms with Crippen molar-refractivity contribution in [1.82, 2.24) is 5.32 Å². The molecule has 0 aliphatic heterocycles. The van der Waals surface area contributed by atoms with Crippen LogP contribution in [0.2, 0.25) is 0 Å². The maximum atomic E-state index is 6.87. The summed E-state index contributed by atoms with van der Waals surface area (Å²) in [6, 6.07) is 19.0. The van der Waals surface area contributed by atoms with E-state index in [1.54, 1.807) is 0 Å². The monoisotopic (exact) mass is 519 g/mol. The highest BCUT2D eigenvalue weighted by molar-refractivity contribution is 8.34. The normalized spacial score (nSPS) is 16.4. The van der Waals surface area contributed by atoms with Crippen LogP contribution in [0.1, 0.15) is 47.0 Å². The first-order chi connectivity index (χ1) is 17.9. The zero-order chi connectivity index (χ0) is 26.6. The van der Waals surface area contributed by atoms with Crippen LogP contribution < -0.4 is 10.1 Å². The first-order valence-corrected chi connectivity index (χ1v) is 14.8. The molecule has 200 valence electrons. The Hall–Kier alpha value is -2.79. The summed E-state index contributed by atoms with van der Waals surface area (Å²) in [5.41, 5.74) is 1.27. The molecular formula is C33H45NO2S. The van der Waals surface area contributed by atoms with Gasteiger partial charge < -0.3 is 14.2 Å². The van der Waals surface area contributed by atoms with Crippen LogP contribution in [0.25, 0.3) is 0 Å². The molecule has 1 N–H and O–H groups in total. The zero-order valence-corrected chi connectivity index (χ0v) is 23.6. The number of rotatable bonds is 14. The van der Waals surface area contributed by atoms with Crippen LogP contribution in [-0.2, 0) is 10.6 Å². The summed E-state index contributed by atoms with van der Waals surface area (Å²) in [4.78, 5) is 2.32. The van der Waals surface area contributed by atoms with Gasteiger partial charge in [0.2, 0.25) is 0 Å². The summed E-state index contributed by atoms with van der Waals surface area (Å²) < 4.78 is 12.8. The van der Waals surface area contributed by atoms with Crippen LogP contribution in [0.3, 0.4) is 0 Å². The fourth-order valence-corrected chi connectivity index (χ4v) is 8.21. The lowest BCUT2D eigenvalue weighted by Gasteiger charge is -2.51. The minimum atomic E-state index is -1.78. The fraction of sp³-hybridized carbons (Fsp3) is 0.333. The number of hydrogen-bond acceptors (Lipinski definition) is 3. The summed E-state index contributed by atoms with van der Waals surface area (Å²) in [5, 5.41) is 3.58. The van der Waals surface area contributed by atoms with Gasteiger partial charge in [-0.3, -0.25) is 0 Å². The van der Waals surface area contributed by atoms with E-state index >= 15 is 0 Å². The lowest BCUT2D eigenvalue weighted by atomic mass is 10.1. The predicted octanol–water partition coefficient (Wildman–Crippen LogP) is 8.92. The Morgan fingerprint density at radius 3 is 2.54 bits per heavy atom. The second kappa shape index (κ2) is 14.2. The second-order valence-corrected chi connectivity index (χ2v) is 13.5. The first-order valence-electron chi connectivity index (χ1n) is 13.2. The molecule has 2 aromatic carbocycles. The van der Waals surface area contributed by atoms with E-state index in [0.717, 1.165) is 55.2 Å². The van der Waals surface area contributed by atoms with Gasteiger partial charge in [-0.15, -0.1) is 0 Å². The average molecular weight is 520 g/mol. The predicted molar refractivity (Wildman–Crippen MR) is 163 cm³/mol. The Morgan fingerprint density at radius 1 is 1.05 bits per heavy atom. The minimum Gasteiger partial charge on any atom is -0.458 e. The Morgan fingerprint density at radius 2 is 1.86 bits per heavy atom. The van der Waals surface area contributed by atoms with Crippen LogP contribution in [0.5, 0.6) is 5.75 Å². The highest BCUT2D eigenvalue weighted by Gasteiger charge is 2.41. The molecule has 1 aliphatic rings. The van der Waals surface area contributed by atoms with E-state index in [2.05, 4.69) is 112 Å². The van der Waals surface area contributed by atoms with Crippen molar-refractivity contribution in [3.05, 3.63) is 120 Å². The van der Waals surface area contributed by atoms with E-state index in [9.17, 15) is 0 Å². The fourth-order valence-electron chi connectivity index (χ4n) is 4.47. The SMILES string of the molecule is C=C/C=C(\C=C)S(OCCCNCCc1cccc(OC2=CCCC=C2)c1)(c1ccccc1)C(C)(C)C.[HH]. The molecule has 0 fully saturated rings. The zero-order valence-electron chi connectivity index (χ0n) is 22.7. The lowest BCUT2D eigenvalue weighted by Crippen LogP contribution is -2.29. The molecule has 1 unspecified atom stereocenters. The molecule has 1 aliphatic carbocycles. The van der Waals surface area contributed by atoms with Crippen LogP contribution in [0.15, 0.2) is 120 Å². The standard InChI is InChI=1S/C33H43NO2S.H2/c1-6-16-31(7-2)37(33(3,4)5,32-21-12-9-13-22-32)35-26-15-24-34-25-23-28-17-14-20-30(27-28)36-29-18-10-8-11-19-29;/h6-7,9-10,12-14,16-22,27,34H,1-2,8,11,15,23-26H2,3-5H3;1H/b31-16+;. The molecule has 3 rings (SSSR count). The summed E-state index contributed by atoms with van der Waals surface area (Å²) in [6.07, 6.45) is 16.2. The van der Waals surface area contributed by atoms with Gasteiger partial charge in [-0.05, 0) is 108 Å². The summed E-state index contributed by atoms with van der Waals surface area (Å²) in [7, 11) is -1.78. The maximum absolute atomic E-state index is 6.87. The molecule has 0 bridgehead atoms. The van der Waals surface area contributed by atoms with Crippen LogP contribution >= 0.6 is 10.3 Å². The van der Waals surface area contributed by atoms with E-state index in [1.165, 1.54) is 10.5 Å². The Labute approximate surface area is 227 Å². The van der Waals surface area contributed by atoms with Gasteiger partial charge in [0.15, 0.2) is 0 Å². The molecule has 0 spiro atoms. The van der Waals surface area contributed by atoms with Gasteiger partial charge in [0, 0.05) is 16.0 Å². The third-order valence-electron chi connectivity index (χ3n) is 6.20. The van der Waals surface area contributed by atoms with Crippen molar-refractivity contribution < 1.29 is 10.3 Å². The van der Waals surface area contributed by atoms with E-state index in [1.807, 2.05) is 18.2 Å². The molecule has 1 atom stereocenters. The number of benzene rings is 2. The topological polar surface area (TPSA) is 30.5 Å². The van der Waals surface area contributed by atoms with Crippen LogP contribution in [-0.4, -0.2) is 24.4 Å². The quantitative estimate of drug-likeness (QED) is 0.200. The molecule has 0 heterocycles. The largest absolute Gasteiger partial charge is 0.458 e. The number of allylic oxidation sites excluding steroid dienone is 6. The molecule has 0 saturated carbocycles. The Kier molecular flexibility index (Phi) is 11.1. The van der Waals surface area contributed by atoms with E-state index < -0.39 is 10.3 Å². The maximum Gasteiger partial charge on any atom is 0.127 e. The first kappa shape index (κ1) is 28.8. The van der Waals surface area contributed by atoms with Gasteiger partial charge in [0.1, 0.15) is 11.5 Å². The molecule has 3 nitrogen and oxygen atoms in total. The van der Waals surface area contributed by atoms with Gasteiger partial charge in [-0.25, -0.2) is 0 Å². The van der Waals surface area contributed by atoms with Gasteiger partial charge in [-0.1, -0.05) is 72.0 Å². The number of ether oxygens (including phenoxy) is 1. The average Bonchev–Trinajstić information content (AvgIpc) is 2.90. The van der Waals surface area contributed by atoms with Gasteiger partial charge in [0.05, 0.1) is 6.61 Å². The van der Waals surface area contributed by atoms with Crippen molar-refractivity contribution in [2.75, 3.05) is 19.7 Å². The van der Waals surface area contributed by atoms with Gasteiger partial charge >= 0.3 is 0 Å². The summed E-state index contributed by atoms with van der Waals surface area (Å²) >= 11 is 0. The molecule has 0 aromatic heterocycles. The molecular weight excluding hydrogens is 474 g/mol. The summed E-state index contributed by atoms with van der Waals surface area (Å²) in [6.45, 7) is 17.3. The highest BCUT2D eigenvalue weighted by Crippen LogP contribution is 2.71. The molecule has 37 heavy (non-hydrogen) atoms. The molecule has 2 aromatic rings. The van der Waals surface area contributed by atoms with E-state index in [-0.39, 0.29) is 6.17 Å². The smallest absolute Gasteiger partial charge is 0.127 e. The van der Waals surface area contributed by atoms with E-state index in [0.29, 0.717) is 6.61 Å². The van der Waals surface area contributed by atoms with Crippen LogP contribution in [0.4, 0.5) is 0 Å². The number of nitrogens with one attached hydrogen (secondary N) is 1. The van der Waals surface area contributed by atoms with Crippen molar-refractivity contribution >= 4 is 10.3 Å². The number of hydrogen-bond donors (Lipinski definition) is 1. The van der Waals surface area contributed by atoms with Gasteiger partial charge in [0.25, 0.3) is 0 Å².